The normalized spacial score (nSPS) is 15.7. The van der Waals surface area contributed by atoms with Crippen LogP contribution in [0.4, 0.5) is 0 Å². The van der Waals surface area contributed by atoms with Crippen molar-refractivity contribution in [2.45, 2.75) is 35.5 Å². The van der Waals surface area contributed by atoms with Gasteiger partial charge in [0, 0.05) is 34.3 Å². The summed E-state index contributed by atoms with van der Waals surface area (Å²) < 4.78 is 19.3. The molecule has 1 saturated heterocycles. The summed E-state index contributed by atoms with van der Waals surface area (Å²) in [6, 6.07) is 70.0. The van der Waals surface area contributed by atoms with Crippen molar-refractivity contribution in [1.82, 2.24) is 14.7 Å². The largest absolute Gasteiger partial charge is 0.426 e. The highest BCUT2D eigenvalue weighted by atomic mass is 32.1. The van der Waals surface area contributed by atoms with Gasteiger partial charge in [0.25, 0.3) is 0 Å². The highest BCUT2D eigenvalue weighted by molar-refractivity contribution is 7.10. The summed E-state index contributed by atoms with van der Waals surface area (Å²) in [6.07, 6.45) is 1.05. The van der Waals surface area contributed by atoms with E-state index in [4.69, 9.17) is 14.2 Å². The molecule has 0 spiro atoms. The predicted octanol–water partition coefficient (Wildman–Crippen LogP) is 12.3. The van der Waals surface area contributed by atoms with Gasteiger partial charge in [-0.05, 0) is 107 Å². The third kappa shape index (κ3) is 12.1. The quantitative estimate of drug-likeness (QED) is 0.0516. The molecule has 0 aliphatic carbocycles. The smallest absolute Gasteiger partial charge is 0.324 e. The van der Waals surface area contributed by atoms with Crippen LogP contribution in [0, 0.1) is 0 Å². The van der Waals surface area contributed by atoms with Crippen molar-refractivity contribution in [2.24, 2.45) is 0 Å². The van der Waals surface area contributed by atoms with Gasteiger partial charge in [-0.15, -0.1) is 34.0 Å². The van der Waals surface area contributed by atoms with Crippen LogP contribution in [0.25, 0.3) is 0 Å². The van der Waals surface area contributed by atoms with Crippen LogP contribution in [0.3, 0.4) is 0 Å². The number of hydrogen-bond acceptors (Lipinski definition) is 12. The Morgan fingerprint density at radius 2 is 0.573 bits per heavy atom. The molecule has 12 heteroatoms. The molecule has 378 valence electrons. The van der Waals surface area contributed by atoms with Gasteiger partial charge in [-0.25, -0.2) is 0 Å². The Morgan fingerprint density at radius 1 is 0.333 bits per heavy atom. The van der Waals surface area contributed by atoms with E-state index in [0.29, 0.717) is 56.5 Å². The minimum absolute atomic E-state index is 0.235. The van der Waals surface area contributed by atoms with Crippen molar-refractivity contribution in [3.63, 3.8) is 0 Å². The van der Waals surface area contributed by atoms with Crippen molar-refractivity contribution in [1.29, 1.82) is 0 Å². The number of para-hydroxylation sites is 3. The fourth-order valence-corrected chi connectivity index (χ4v) is 13.1. The van der Waals surface area contributed by atoms with Gasteiger partial charge in [0.15, 0.2) is 0 Å². The van der Waals surface area contributed by atoms with E-state index in [0.717, 1.165) is 31.3 Å². The average molecular weight is 1050 g/mol. The first-order chi connectivity index (χ1) is 36.8. The lowest BCUT2D eigenvalue weighted by Gasteiger charge is -2.49. The van der Waals surface area contributed by atoms with E-state index in [9.17, 15) is 0 Å². The molecule has 1 aliphatic rings. The Morgan fingerprint density at radius 3 is 0.800 bits per heavy atom. The minimum Gasteiger partial charge on any atom is -0.426 e. The lowest BCUT2D eigenvalue weighted by Crippen LogP contribution is -2.64. The van der Waals surface area contributed by atoms with E-state index in [1.165, 1.54) is 34.0 Å². The second-order valence-electron chi connectivity index (χ2n) is 19.2. The third-order valence-corrected chi connectivity index (χ3v) is 17.0. The topological polar surface area (TPSA) is 88.6 Å². The maximum Gasteiger partial charge on any atom is 0.324 e. The van der Waals surface area contributed by atoms with Crippen molar-refractivity contribution >= 4 is 51.9 Å². The number of benzene rings is 6. The molecular formula is C63H57N3O6S3. The molecule has 0 N–H and O–H groups in total. The lowest BCUT2D eigenvalue weighted by atomic mass is 9.78. The standard InChI is InChI=1S/C63H57N3O6S3/c67-58(70-52-28-13-4-14-29-52)61(55-34-19-37-73-55,40-49-22-7-1-8-23-49)43-64-46-65(44-62(56-35-20-38-74-56,41-50-24-9-2-10-25-50)59(68)71-53-30-15-5-16-31-53)48-66(47-64)45-63(57-36-21-39-75-57,42-51-26-11-3-12-27-51)60(69)72-54-32-17-6-18-33-54/h1-39H,40-48H2. The first-order valence-electron chi connectivity index (χ1n) is 25.0. The van der Waals surface area contributed by atoms with E-state index in [1.54, 1.807) is 36.4 Å². The number of carbonyl (C=O) groups excluding carboxylic acids is 3. The first-order valence-corrected chi connectivity index (χ1v) is 27.7. The van der Waals surface area contributed by atoms with Gasteiger partial charge in [0.2, 0.25) is 0 Å². The number of hydrogen-bond donors (Lipinski definition) is 0. The molecule has 75 heavy (non-hydrogen) atoms. The van der Waals surface area contributed by atoms with Gasteiger partial charge < -0.3 is 14.2 Å². The molecule has 9 nitrogen and oxygen atoms in total. The van der Waals surface area contributed by atoms with Crippen LogP contribution in [0.2, 0.25) is 0 Å². The van der Waals surface area contributed by atoms with Crippen LogP contribution in [-0.2, 0) is 49.9 Å². The van der Waals surface area contributed by atoms with Crippen molar-refractivity contribution in [3.05, 3.63) is 266 Å². The van der Waals surface area contributed by atoms with Gasteiger partial charge in [0.1, 0.15) is 33.5 Å². The number of thiophene rings is 3. The Hall–Kier alpha value is -7.29. The Balaban J connectivity index is 1.11. The highest BCUT2D eigenvalue weighted by Gasteiger charge is 2.51. The van der Waals surface area contributed by atoms with Gasteiger partial charge in [-0.2, -0.15) is 0 Å². The Bertz CT molecular complexity index is 2840. The molecule has 0 amide bonds. The maximum absolute atomic E-state index is 15.5. The summed E-state index contributed by atoms with van der Waals surface area (Å²) in [4.78, 5) is 55.9. The predicted molar refractivity (Wildman–Crippen MR) is 299 cm³/mol. The summed E-state index contributed by atoms with van der Waals surface area (Å²) in [6.45, 7) is 1.78. The van der Waals surface area contributed by atoms with E-state index in [-0.39, 0.29) is 37.5 Å². The van der Waals surface area contributed by atoms with Crippen molar-refractivity contribution in [2.75, 3.05) is 39.6 Å². The molecule has 0 bridgehead atoms. The Kier molecular flexibility index (Phi) is 16.3. The number of carbonyl (C=O) groups is 3. The van der Waals surface area contributed by atoms with Gasteiger partial charge in [0.05, 0.1) is 20.0 Å². The molecule has 9 aromatic rings. The monoisotopic (exact) mass is 1050 g/mol. The number of ether oxygens (including phenoxy) is 3. The highest BCUT2D eigenvalue weighted by Crippen LogP contribution is 2.41. The van der Waals surface area contributed by atoms with Crippen LogP contribution in [-0.4, -0.2) is 72.2 Å². The van der Waals surface area contributed by atoms with E-state index in [1.807, 2.05) is 162 Å². The molecule has 4 heterocycles. The van der Waals surface area contributed by atoms with Crippen molar-refractivity contribution < 1.29 is 28.6 Å². The van der Waals surface area contributed by atoms with Gasteiger partial charge >= 0.3 is 17.9 Å². The Labute approximate surface area is 450 Å². The summed E-state index contributed by atoms with van der Waals surface area (Å²) in [7, 11) is 0. The fourth-order valence-electron chi connectivity index (χ4n) is 10.4. The zero-order valence-electron chi connectivity index (χ0n) is 41.4. The van der Waals surface area contributed by atoms with Crippen LogP contribution in [0.5, 0.6) is 17.2 Å². The number of esters is 3. The van der Waals surface area contributed by atoms with Crippen molar-refractivity contribution in [3.8, 4) is 17.2 Å². The molecule has 0 radical (unpaired) electrons. The number of nitrogens with zero attached hydrogens (tertiary/aromatic N) is 3. The van der Waals surface area contributed by atoms with Crippen LogP contribution >= 0.6 is 34.0 Å². The average Bonchev–Trinajstić information content (AvgIpc) is 4.29. The molecular weight excluding hydrogens is 991 g/mol. The second-order valence-corrected chi connectivity index (χ2v) is 22.0. The second kappa shape index (κ2) is 23.9. The van der Waals surface area contributed by atoms with E-state index in [2.05, 4.69) is 51.1 Å². The molecule has 10 rings (SSSR count). The number of rotatable bonds is 21. The van der Waals surface area contributed by atoms with Gasteiger partial charge in [-0.3, -0.25) is 29.1 Å². The SMILES string of the molecule is O=C(Oc1ccccc1)C(Cc1ccccc1)(CN1CN(CC(Cc2ccccc2)(C(=O)Oc2ccccc2)c2cccs2)CN(CC(Cc2ccccc2)(C(=O)Oc2ccccc2)c2cccs2)C1)c1cccs1. The van der Waals surface area contributed by atoms with Crippen LogP contribution in [0.1, 0.15) is 31.3 Å². The molecule has 3 atom stereocenters. The molecule has 1 fully saturated rings. The maximum atomic E-state index is 15.5. The fraction of sp³-hybridized carbons (Fsp3) is 0.190. The summed E-state index contributed by atoms with van der Waals surface area (Å²) in [5.74, 6) is 0.225. The molecule has 0 saturated carbocycles. The lowest BCUT2D eigenvalue weighted by molar-refractivity contribution is -0.146. The molecule has 6 aromatic carbocycles. The van der Waals surface area contributed by atoms with E-state index < -0.39 is 16.2 Å². The summed E-state index contributed by atoms with van der Waals surface area (Å²) in [5.41, 5.74) is -0.679. The molecule has 3 aromatic heterocycles. The molecule has 1 aliphatic heterocycles. The third-order valence-electron chi connectivity index (χ3n) is 13.7. The minimum atomic E-state index is -1.21. The molecule has 3 unspecified atom stereocenters. The summed E-state index contributed by atoms with van der Waals surface area (Å²) >= 11 is 4.60. The first kappa shape index (κ1) is 51.2. The zero-order chi connectivity index (χ0) is 51.3. The van der Waals surface area contributed by atoms with Crippen LogP contribution < -0.4 is 14.2 Å². The summed E-state index contributed by atoms with van der Waals surface area (Å²) in [5, 5.41) is 6.02. The van der Waals surface area contributed by atoms with E-state index >= 15 is 14.4 Å². The van der Waals surface area contributed by atoms with Gasteiger partial charge in [-0.1, -0.05) is 164 Å². The zero-order valence-corrected chi connectivity index (χ0v) is 43.8. The van der Waals surface area contributed by atoms with Crippen LogP contribution in [0.15, 0.2) is 235 Å².